The molecule has 0 N–H and O–H groups in total. The molecule has 5 rings (SSSR count). The van der Waals surface area contributed by atoms with Crippen LogP contribution in [0.3, 0.4) is 0 Å². The highest BCUT2D eigenvalue weighted by Gasteiger charge is 2.29. The largest absolute Gasteiger partial charge is 0.423 e. The predicted molar refractivity (Wildman–Crippen MR) is 83.0 cm³/mol. The first-order valence-corrected chi connectivity index (χ1v) is 7.40. The minimum Gasteiger partial charge on any atom is -0.423 e. The molecule has 0 radical (unpaired) electrons. The van der Waals surface area contributed by atoms with Gasteiger partial charge in [0.05, 0.1) is 0 Å². The monoisotopic (exact) mass is 276 g/mol. The fraction of sp³-hybridized carbons (Fsp3) is 0.211. The van der Waals surface area contributed by atoms with Crippen molar-refractivity contribution in [2.75, 3.05) is 0 Å². The fourth-order valence-electron chi connectivity index (χ4n) is 3.21. The van der Waals surface area contributed by atoms with Gasteiger partial charge in [0.15, 0.2) is 0 Å². The lowest BCUT2D eigenvalue weighted by Crippen LogP contribution is -2.25. The second-order valence-electron chi connectivity index (χ2n) is 5.75. The summed E-state index contributed by atoms with van der Waals surface area (Å²) in [5.41, 5.74) is 0.821. The number of allylic oxidation sites excluding steroid dienone is 3. The zero-order chi connectivity index (χ0) is 14.2. The van der Waals surface area contributed by atoms with Crippen molar-refractivity contribution in [3.05, 3.63) is 66.3 Å². The number of hydrogen-bond acceptors (Lipinski definition) is 2. The van der Waals surface area contributed by atoms with E-state index in [0.29, 0.717) is 11.7 Å². The van der Waals surface area contributed by atoms with Crippen LogP contribution in [0.2, 0.25) is 0 Å². The topological polar surface area (TPSA) is 26.3 Å². The van der Waals surface area contributed by atoms with E-state index < -0.39 is 0 Å². The van der Waals surface area contributed by atoms with Crippen LogP contribution in [-0.2, 0) is 4.79 Å². The first-order chi connectivity index (χ1) is 10.3. The third-order valence-electron chi connectivity index (χ3n) is 4.36. The zero-order valence-electron chi connectivity index (χ0n) is 11.7. The first-order valence-electron chi connectivity index (χ1n) is 7.40. The summed E-state index contributed by atoms with van der Waals surface area (Å²) >= 11 is 0. The molecule has 2 bridgehead atoms. The van der Waals surface area contributed by atoms with Crippen LogP contribution in [0.1, 0.15) is 12.8 Å². The van der Waals surface area contributed by atoms with Crippen LogP contribution in [0.25, 0.3) is 10.8 Å². The normalized spacial score (nSPS) is 23.1. The molecule has 0 heterocycles. The number of benzene rings is 2. The van der Waals surface area contributed by atoms with E-state index in [2.05, 4.69) is 18.2 Å². The van der Waals surface area contributed by atoms with Gasteiger partial charge in [0.1, 0.15) is 5.75 Å². The summed E-state index contributed by atoms with van der Waals surface area (Å²) in [5.74, 6) is 1.06. The van der Waals surface area contributed by atoms with Gasteiger partial charge < -0.3 is 4.74 Å². The third-order valence-corrected chi connectivity index (χ3v) is 4.36. The Morgan fingerprint density at radius 3 is 2.57 bits per heavy atom. The second-order valence-corrected chi connectivity index (χ2v) is 5.75. The van der Waals surface area contributed by atoms with E-state index in [0.717, 1.165) is 29.2 Å². The number of carbonyl (C=O) groups is 1. The maximum Gasteiger partial charge on any atom is 0.339 e. The van der Waals surface area contributed by atoms with Crippen molar-refractivity contribution in [3.8, 4) is 5.75 Å². The standard InChI is InChI=1S/C19H16O2/c20-19(18-11-13-5-7-15(18)8-6-13)21-17-10-9-14-3-1-2-4-16(14)12-17/h1-5,7,9-13,15H,6,8H2/t13-,15?/m0/s1. The van der Waals surface area contributed by atoms with E-state index in [9.17, 15) is 4.79 Å². The molecule has 21 heavy (non-hydrogen) atoms. The van der Waals surface area contributed by atoms with Crippen LogP contribution in [0, 0.1) is 11.8 Å². The molecule has 0 saturated heterocycles. The minimum atomic E-state index is -0.204. The van der Waals surface area contributed by atoms with Gasteiger partial charge in [0, 0.05) is 11.5 Å². The van der Waals surface area contributed by atoms with Gasteiger partial charge in [-0.15, -0.1) is 0 Å². The highest BCUT2D eigenvalue weighted by Crippen LogP contribution is 2.36. The molecule has 2 aromatic rings. The Morgan fingerprint density at radius 2 is 1.86 bits per heavy atom. The van der Waals surface area contributed by atoms with Crippen molar-refractivity contribution in [1.29, 1.82) is 0 Å². The van der Waals surface area contributed by atoms with Gasteiger partial charge in [0.2, 0.25) is 0 Å². The predicted octanol–water partition coefficient (Wildman–Crippen LogP) is 4.27. The highest BCUT2D eigenvalue weighted by molar-refractivity contribution is 5.92. The number of fused-ring (bicyclic) bond motifs is 2. The van der Waals surface area contributed by atoms with Crippen LogP contribution in [0.15, 0.2) is 66.3 Å². The molecule has 0 aromatic heterocycles. The Hall–Kier alpha value is -2.35. The van der Waals surface area contributed by atoms with Gasteiger partial charge in [-0.2, -0.15) is 0 Å². The molecule has 0 saturated carbocycles. The summed E-state index contributed by atoms with van der Waals surface area (Å²) in [6.07, 6.45) is 8.61. The SMILES string of the molecule is O=C(Oc1ccc2ccccc2c1)C1=C[C@H]2C=CC1CC2. The third kappa shape index (κ3) is 2.27. The van der Waals surface area contributed by atoms with Crippen LogP contribution in [0.4, 0.5) is 0 Å². The lowest BCUT2D eigenvalue weighted by atomic mass is 9.77. The molecular formula is C19H16O2. The van der Waals surface area contributed by atoms with Crippen LogP contribution in [0.5, 0.6) is 5.75 Å². The molecule has 1 unspecified atom stereocenters. The van der Waals surface area contributed by atoms with E-state index in [4.69, 9.17) is 4.74 Å². The van der Waals surface area contributed by atoms with Gasteiger partial charge in [-0.1, -0.05) is 48.6 Å². The summed E-state index contributed by atoms with van der Waals surface area (Å²) in [4.78, 5) is 12.4. The Morgan fingerprint density at radius 1 is 1.00 bits per heavy atom. The molecule has 0 aliphatic heterocycles. The van der Waals surface area contributed by atoms with Gasteiger partial charge in [-0.3, -0.25) is 0 Å². The van der Waals surface area contributed by atoms with Gasteiger partial charge >= 0.3 is 5.97 Å². The van der Waals surface area contributed by atoms with Crippen LogP contribution < -0.4 is 4.74 Å². The quantitative estimate of drug-likeness (QED) is 0.465. The molecule has 104 valence electrons. The molecule has 3 aliphatic carbocycles. The van der Waals surface area contributed by atoms with Crippen LogP contribution >= 0.6 is 0 Å². The molecule has 0 fully saturated rings. The summed E-state index contributed by atoms with van der Waals surface area (Å²) < 4.78 is 5.57. The fourth-order valence-corrected chi connectivity index (χ4v) is 3.21. The maximum atomic E-state index is 12.4. The van der Waals surface area contributed by atoms with Crippen molar-refractivity contribution in [3.63, 3.8) is 0 Å². The maximum absolute atomic E-state index is 12.4. The molecule has 2 heteroatoms. The van der Waals surface area contributed by atoms with E-state index >= 15 is 0 Å². The van der Waals surface area contributed by atoms with Gasteiger partial charge in [-0.25, -0.2) is 4.79 Å². The van der Waals surface area contributed by atoms with Crippen molar-refractivity contribution >= 4 is 16.7 Å². The first kappa shape index (κ1) is 12.4. The Kier molecular flexibility index (Phi) is 2.88. The Labute approximate surface area is 123 Å². The number of rotatable bonds is 2. The van der Waals surface area contributed by atoms with E-state index in [-0.39, 0.29) is 11.9 Å². The second kappa shape index (κ2) is 4.88. The number of carbonyl (C=O) groups excluding carboxylic acids is 1. The van der Waals surface area contributed by atoms with Crippen molar-refractivity contribution < 1.29 is 9.53 Å². The summed E-state index contributed by atoms with van der Waals surface area (Å²) in [5, 5.41) is 2.23. The smallest absolute Gasteiger partial charge is 0.339 e. The van der Waals surface area contributed by atoms with E-state index in [1.165, 1.54) is 0 Å². The number of ether oxygens (including phenoxy) is 1. The minimum absolute atomic E-state index is 0.204. The lowest BCUT2D eigenvalue weighted by Gasteiger charge is -2.29. The number of hydrogen-bond donors (Lipinski definition) is 0. The van der Waals surface area contributed by atoms with Crippen molar-refractivity contribution in [2.45, 2.75) is 12.8 Å². The number of esters is 1. The summed E-state index contributed by atoms with van der Waals surface area (Å²) in [6.45, 7) is 0. The molecular weight excluding hydrogens is 260 g/mol. The van der Waals surface area contributed by atoms with Gasteiger partial charge in [0.25, 0.3) is 0 Å². The lowest BCUT2D eigenvalue weighted by molar-refractivity contribution is -0.130. The molecule has 2 nitrogen and oxygen atoms in total. The Bertz CT molecular complexity index is 770. The molecule has 0 amide bonds. The molecule has 2 atom stereocenters. The van der Waals surface area contributed by atoms with Crippen LogP contribution in [-0.4, -0.2) is 5.97 Å². The summed E-state index contributed by atoms with van der Waals surface area (Å²) in [7, 11) is 0. The molecule has 3 aliphatic rings. The molecule has 0 spiro atoms. The van der Waals surface area contributed by atoms with E-state index in [1.54, 1.807) is 0 Å². The van der Waals surface area contributed by atoms with Crippen molar-refractivity contribution in [1.82, 2.24) is 0 Å². The van der Waals surface area contributed by atoms with Gasteiger partial charge in [-0.05, 0) is 41.7 Å². The Balaban J connectivity index is 1.58. The van der Waals surface area contributed by atoms with Crippen molar-refractivity contribution in [2.24, 2.45) is 11.8 Å². The average molecular weight is 276 g/mol. The molecule has 2 aromatic carbocycles. The summed E-state index contributed by atoms with van der Waals surface area (Å²) in [6, 6.07) is 13.8. The average Bonchev–Trinajstić information content (AvgIpc) is 2.56. The zero-order valence-corrected chi connectivity index (χ0v) is 11.7. The van der Waals surface area contributed by atoms with E-state index in [1.807, 2.05) is 42.5 Å². The highest BCUT2D eigenvalue weighted by atomic mass is 16.5.